The minimum Gasteiger partial charge on any atom is -0.295 e. The maximum Gasteiger partial charge on any atom is 0.209 e. The highest BCUT2D eigenvalue weighted by Crippen LogP contribution is 2.28. The van der Waals surface area contributed by atoms with Crippen LogP contribution in [0, 0.1) is 11.8 Å². The number of sulfonamides is 1. The number of rotatable bonds is 5. The van der Waals surface area contributed by atoms with Gasteiger partial charge in [-0.05, 0) is 24.0 Å². The second-order valence-corrected chi connectivity index (χ2v) is 9.57. The third-order valence-corrected chi connectivity index (χ3v) is 6.11. The number of hydrogen-bond donors (Lipinski definition) is 1. The fourth-order valence-electron chi connectivity index (χ4n) is 3.30. The molecule has 23 heavy (non-hydrogen) atoms. The van der Waals surface area contributed by atoms with Gasteiger partial charge in [-0.2, -0.15) is 0 Å². The van der Waals surface area contributed by atoms with Crippen LogP contribution in [0.25, 0.3) is 10.2 Å². The summed E-state index contributed by atoms with van der Waals surface area (Å²) >= 11 is 1.72. The summed E-state index contributed by atoms with van der Waals surface area (Å²) in [6, 6.07) is 8.14. The highest BCUT2D eigenvalue weighted by molar-refractivity contribution is 7.88. The van der Waals surface area contributed by atoms with Crippen LogP contribution in [0.1, 0.15) is 18.9 Å². The molecule has 7 heteroatoms. The topological polar surface area (TPSA) is 62.3 Å². The quantitative estimate of drug-likeness (QED) is 0.896. The van der Waals surface area contributed by atoms with Crippen molar-refractivity contribution in [3.8, 4) is 0 Å². The monoisotopic (exact) mass is 353 g/mol. The van der Waals surface area contributed by atoms with Gasteiger partial charge < -0.3 is 0 Å². The molecule has 0 amide bonds. The molecule has 0 bridgehead atoms. The SMILES string of the molecule is CC(C)[C@@H]1CN(Cc2nc3ccccc3s2)C[C@H]1NS(C)(=O)=O. The number of fused-ring (bicyclic) bond motifs is 1. The van der Waals surface area contributed by atoms with Crippen molar-refractivity contribution >= 4 is 31.6 Å². The van der Waals surface area contributed by atoms with Gasteiger partial charge in [-0.3, -0.25) is 4.90 Å². The number of nitrogens with one attached hydrogen (secondary N) is 1. The van der Waals surface area contributed by atoms with Crippen LogP contribution < -0.4 is 4.72 Å². The molecule has 5 nitrogen and oxygen atoms in total. The lowest BCUT2D eigenvalue weighted by atomic mass is 9.92. The van der Waals surface area contributed by atoms with Gasteiger partial charge in [0.05, 0.1) is 23.0 Å². The van der Waals surface area contributed by atoms with Crippen molar-refractivity contribution in [1.29, 1.82) is 0 Å². The molecule has 0 unspecified atom stereocenters. The van der Waals surface area contributed by atoms with Gasteiger partial charge in [-0.25, -0.2) is 18.1 Å². The van der Waals surface area contributed by atoms with Gasteiger partial charge in [0.25, 0.3) is 0 Å². The van der Waals surface area contributed by atoms with E-state index in [9.17, 15) is 8.42 Å². The number of nitrogens with zero attached hydrogens (tertiary/aromatic N) is 2. The van der Waals surface area contributed by atoms with Crippen molar-refractivity contribution in [2.45, 2.75) is 26.4 Å². The molecule has 1 aliphatic rings. The molecule has 0 radical (unpaired) electrons. The van der Waals surface area contributed by atoms with Gasteiger partial charge in [0.2, 0.25) is 10.0 Å². The lowest BCUT2D eigenvalue weighted by Crippen LogP contribution is -2.41. The van der Waals surface area contributed by atoms with Crippen molar-refractivity contribution in [2.24, 2.45) is 11.8 Å². The fraction of sp³-hybridized carbons (Fsp3) is 0.562. The van der Waals surface area contributed by atoms with Gasteiger partial charge in [0.1, 0.15) is 5.01 Å². The molecule has 0 spiro atoms. The third-order valence-electron chi connectivity index (χ3n) is 4.36. The smallest absolute Gasteiger partial charge is 0.209 e. The summed E-state index contributed by atoms with van der Waals surface area (Å²) in [4.78, 5) is 6.99. The molecule has 2 atom stereocenters. The zero-order valence-corrected chi connectivity index (χ0v) is 15.3. The number of hydrogen-bond acceptors (Lipinski definition) is 5. The Hall–Kier alpha value is -1.02. The van der Waals surface area contributed by atoms with E-state index in [0.29, 0.717) is 11.8 Å². The predicted molar refractivity (Wildman–Crippen MR) is 95.0 cm³/mol. The van der Waals surface area contributed by atoms with E-state index in [1.807, 2.05) is 18.2 Å². The normalized spacial score (nSPS) is 23.1. The van der Waals surface area contributed by atoms with Gasteiger partial charge in [0, 0.05) is 19.1 Å². The third kappa shape index (κ3) is 4.09. The van der Waals surface area contributed by atoms with Crippen molar-refractivity contribution in [2.75, 3.05) is 19.3 Å². The van der Waals surface area contributed by atoms with Crippen molar-refractivity contribution < 1.29 is 8.42 Å². The largest absolute Gasteiger partial charge is 0.295 e. The van der Waals surface area contributed by atoms with E-state index in [-0.39, 0.29) is 6.04 Å². The Bertz CT molecular complexity index is 752. The average Bonchev–Trinajstić information content (AvgIpc) is 3.00. The maximum atomic E-state index is 11.6. The molecule has 1 aromatic carbocycles. The Morgan fingerprint density at radius 3 is 2.74 bits per heavy atom. The van der Waals surface area contributed by atoms with Crippen LogP contribution in [0.3, 0.4) is 0 Å². The van der Waals surface area contributed by atoms with E-state index in [0.717, 1.165) is 30.2 Å². The second-order valence-electron chi connectivity index (χ2n) is 6.67. The molecule has 1 saturated heterocycles. The summed E-state index contributed by atoms with van der Waals surface area (Å²) in [5.41, 5.74) is 1.04. The van der Waals surface area contributed by atoms with E-state index >= 15 is 0 Å². The summed E-state index contributed by atoms with van der Waals surface area (Å²) in [6.45, 7) is 6.74. The first-order chi connectivity index (χ1) is 10.8. The Labute approximate surface area is 141 Å². The molecule has 0 saturated carbocycles. The minimum absolute atomic E-state index is 0.0145. The number of benzene rings is 1. The molecular formula is C16H23N3O2S2. The molecular weight excluding hydrogens is 330 g/mol. The van der Waals surface area contributed by atoms with Crippen LogP contribution in [-0.4, -0.2) is 43.7 Å². The highest BCUT2D eigenvalue weighted by atomic mass is 32.2. The summed E-state index contributed by atoms with van der Waals surface area (Å²) in [5.74, 6) is 0.772. The zero-order chi connectivity index (χ0) is 16.6. The molecule has 1 N–H and O–H groups in total. The Morgan fingerprint density at radius 1 is 1.35 bits per heavy atom. The molecule has 1 fully saturated rings. The van der Waals surface area contributed by atoms with Crippen LogP contribution in [0.2, 0.25) is 0 Å². The zero-order valence-electron chi connectivity index (χ0n) is 13.7. The highest BCUT2D eigenvalue weighted by Gasteiger charge is 2.36. The van der Waals surface area contributed by atoms with Gasteiger partial charge in [-0.15, -0.1) is 11.3 Å². The first-order valence-corrected chi connectivity index (χ1v) is 10.6. The summed E-state index contributed by atoms with van der Waals surface area (Å²) in [5, 5.41) is 1.09. The minimum atomic E-state index is -3.18. The van der Waals surface area contributed by atoms with Crippen molar-refractivity contribution in [3.63, 3.8) is 0 Å². The van der Waals surface area contributed by atoms with Crippen molar-refractivity contribution in [1.82, 2.24) is 14.6 Å². The average molecular weight is 354 g/mol. The van der Waals surface area contributed by atoms with E-state index in [1.54, 1.807) is 11.3 Å². The predicted octanol–water partition coefficient (Wildman–Crippen LogP) is 2.30. The number of aromatic nitrogens is 1. The standard InChI is InChI=1S/C16H23N3O2S2/c1-11(2)12-8-19(9-14(12)18-23(3,20)21)10-16-17-13-6-4-5-7-15(13)22-16/h4-7,11-12,14,18H,8-10H2,1-3H3/t12-,14+/m0/s1. The van der Waals surface area contributed by atoms with Gasteiger partial charge in [-0.1, -0.05) is 26.0 Å². The van der Waals surface area contributed by atoms with Crippen LogP contribution in [0.4, 0.5) is 0 Å². The molecule has 2 aromatic rings. The lowest BCUT2D eigenvalue weighted by Gasteiger charge is -2.21. The van der Waals surface area contributed by atoms with Crippen molar-refractivity contribution in [3.05, 3.63) is 29.3 Å². The molecule has 3 rings (SSSR count). The number of thiazole rings is 1. The van der Waals surface area contributed by atoms with Crippen LogP contribution >= 0.6 is 11.3 Å². The number of likely N-dealkylation sites (tertiary alicyclic amines) is 1. The Morgan fingerprint density at radius 2 is 2.09 bits per heavy atom. The molecule has 0 aliphatic carbocycles. The summed E-state index contributed by atoms with van der Waals surface area (Å²) in [7, 11) is -3.18. The molecule has 1 aliphatic heterocycles. The Balaban J connectivity index is 1.73. The van der Waals surface area contributed by atoms with E-state index in [4.69, 9.17) is 0 Å². The first-order valence-electron chi connectivity index (χ1n) is 7.86. The van der Waals surface area contributed by atoms with Gasteiger partial charge >= 0.3 is 0 Å². The number of para-hydroxylation sites is 1. The first kappa shape index (κ1) is 16.8. The summed E-state index contributed by atoms with van der Waals surface area (Å²) in [6.07, 6.45) is 1.24. The van der Waals surface area contributed by atoms with Crippen LogP contribution in [0.15, 0.2) is 24.3 Å². The fourth-order valence-corrected chi connectivity index (χ4v) is 5.11. The van der Waals surface area contributed by atoms with E-state index in [2.05, 4.69) is 34.5 Å². The van der Waals surface area contributed by atoms with Crippen LogP contribution in [-0.2, 0) is 16.6 Å². The maximum absolute atomic E-state index is 11.6. The summed E-state index contributed by atoms with van der Waals surface area (Å²) < 4.78 is 27.2. The molecule has 126 valence electrons. The van der Waals surface area contributed by atoms with Gasteiger partial charge in [0.15, 0.2) is 0 Å². The lowest BCUT2D eigenvalue weighted by molar-refractivity contribution is 0.296. The Kier molecular flexibility index (Phi) is 4.73. The second kappa shape index (κ2) is 6.47. The molecule has 2 heterocycles. The molecule has 1 aromatic heterocycles. The van der Waals surface area contributed by atoms with E-state index < -0.39 is 10.0 Å². The van der Waals surface area contributed by atoms with E-state index in [1.165, 1.54) is 11.0 Å². The van der Waals surface area contributed by atoms with Crippen LogP contribution in [0.5, 0.6) is 0 Å².